The van der Waals surface area contributed by atoms with E-state index in [-0.39, 0.29) is 5.57 Å². The average Bonchev–Trinajstić information content (AvgIpc) is 2.00. The highest BCUT2D eigenvalue weighted by molar-refractivity contribution is 9.25. The zero-order valence-electron chi connectivity index (χ0n) is 7.70. The lowest BCUT2D eigenvalue weighted by Gasteiger charge is -2.29. The largest absolute Gasteiger partial charge is 0.481 e. The van der Waals surface area contributed by atoms with Crippen molar-refractivity contribution in [2.75, 3.05) is 0 Å². The van der Waals surface area contributed by atoms with E-state index in [2.05, 4.69) is 31.9 Å². The number of aliphatic carboxylic acids is 2. The van der Waals surface area contributed by atoms with Gasteiger partial charge in [-0.2, -0.15) is 0 Å². The summed E-state index contributed by atoms with van der Waals surface area (Å²) >= 11 is 6.40. The SMILES string of the molecule is CC1=C(C(=O)O)C=CC(Br)(Br)C1C(=O)O. The third kappa shape index (κ3) is 2.31. The highest BCUT2D eigenvalue weighted by atomic mass is 79.9. The van der Waals surface area contributed by atoms with E-state index in [9.17, 15) is 9.59 Å². The van der Waals surface area contributed by atoms with Gasteiger partial charge in [-0.3, -0.25) is 4.79 Å². The second-order valence-corrected chi connectivity index (χ2v) is 6.87. The Morgan fingerprint density at radius 2 is 1.93 bits per heavy atom. The lowest BCUT2D eigenvalue weighted by molar-refractivity contribution is -0.140. The van der Waals surface area contributed by atoms with Crippen molar-refractivity contribution in [1.29, 1.82) is 0 Å². The van der Waals surface area contributed by atoms with E-state index in [0.717, 1.165) is 0 Å². The van der Waals surface area contributed by atoms with Crippen molar-refractivity contribution >= 4 is 43.8 Å². The lowest BCUT2D eigenvalue weighted by Crippen LogP contribution is -2.34. The van der Waals surface area contributed by atoms with E-state index in [4.69, 9.17) is 10.2 Å². The third-order valence-electron chi connectivity index (χ3n) is 2.19. The molecule has 1 unspecified atom stereocenters. The zero-order valence-corrected chi connectivity index (χ0v) is 10.9. The van der Waals surface area contributed by atoms with Gasteiger partial charge in [0.25, 0.3) is 0 Å². The van der Waals surface area contributed by atoms with E-state index in [1.807, 2.05) is 0 Å². The number of hydrogen-bond donors (Lipinski definition) is 2. The van der Waals surface area contributed by atoms with Crippen LogP contribution in [0.25, 0.3) is 0 Å². The van der Waals surface area contributed by atoms with Crippen LogP contribution in [0.4, 0.5) is 0 Å². The van der Waals surface area contributed by atoms with Gasteiger partial charge >= 0.3 is 11.9 Å². The summed E-state index contributed by atoms with van der Waals surface area (Å²) in [6.45, 7) is 1.50. The predicted molar refractivity (Wildman–Crippen MR) is 61.2 cm³/mol. The number of halogens is 2. The Balaban J connectivity index is 3.27. The Morgan fingerprint density at radius 1 is 1.40 bits per heavy atom. The number of carboxylic acid groups (broad SMARTS) is 2. The quantitative estimate of drug-likeness (QED) is 0.756. The molecule has 0 heterocycles. The number of carbonyl (C=O) groups is 2. The van der Waals surface area contributed by atoms with Gasteiger partial charge in [0.1, 0.15) is 9.15 Å². The molecule has 0 aromatic heterocycles. The summed E-state index contributed by atoms with van der Waals surface area (Å²) in [6, 6.07) is 0. The van der Waals surface area contributed by atoms with Gasteiger partial charge < -0.3 is 10.2 Å². The van der Waals surface area contributed by atoms with E-state index in [0.29, 0.717) is 5.57 Å². The van der Waals surface area contributed by atoms with Gasteiger partial charge in [0.2, 0.25) is 0 Å². The van der Waals surface area contributed by atoms with Crippen LogP contribution in [-0.2, 0) is 9.59 Å². The van der Waals surface area contributed by atoms with Gasteiger partial charge in [-0.1, -0.05) is 37.9 Å². The molecular formula is C9H8Br2O4. The molecule has 0 saturated carbocycles. The summed E-state index contributed by atoms with van der Waals surface area (Å²) in [5.41, 5.74) is 0.336. The molecule has 15 heavy (non-hydrogen) atoms. The number of alkyl halides is 2. The first-order valence-corrected chi connectivity index (χ1v) is 5.60. The van der Waals surface area contributed by atoms with Crippen LogP contribution in [0.3, 0.4) is 0 Å². The first kappa shape index (κ1) is 12.4. The molecule has 0 bridgehead atoms. The molecule has 1 rings (SSSR count). The molecule has 4 nitrogen and oxygen atoms in total. The second-order valence-electron chi connectivity index (χ2n) is 3.18. The van der Waals surface area contributed by atoms with Crippen LogP contribution < -0.4 is 0 Å². The lowest BCUT2D eigenvalue weighted by atomic mass is 9.88. The van der Waals surface area contributed by atoms with Gasteiger partial charge in [-0.05, 0) is 18.6 Å². The summed E-state index contributed by atoms with van der Waals surface area (Å²) in [7, 11) is 0. The molecule has 0 aromatic rings. The Hall–Kier alpha value is -0.620. The Kier molecular flexibility index (Phi) is 3.40. The molecule has 0 aliphatic heterocycles. The highest BCUT2D eigenvalue weighted by Gasteiger charge is 2.42. The van der Waals surface area contributed by atoms with Crippen molar-refractivity contribution in [3.8, 4) is 0 Å². The normalized spacial score (nSPS) is 24.1. The number of carboxylic acids is 2. The molecular weight excluding hydrogens is 332 g/mol. The molecule has 0 saturated heterocycles. The van der Waals surface area contributed by atoms with Gasteiger partial charge in [-0.15, -0.1) is 0 Å². The van der Waals surface area contributed by atoms with E-state index in [1.54, 1.807) is 0 Å². The standard InChI is InChI=1S/C9H8Br2O4/c1-4-5(7(12)13)2-3-9(10,11)6(4)8(14)15/h2-3,6H,1H3,(H,12,13)(H,14,15). The maximum atomic E-state index is 11.0. The monoisotopic (exact) mass is 338 g/mol. The predicted octanol–water partition coefficient (Wildman–Crippen LogP) is 2.14. The minimum atomic E-state index is -1.12. The second kappa shape index (κ2) is 4.09. The van der Waals surface area contributed by atoms with Crippen molar-refractivity contribution in [1.82, 2.24) is 0 Å². The van der Waals surface area contributed by atoms with Crippen molar-refractivity contribution < 1.29 is 19.8 Å². The summed E-state index contributed by atoms with van der Waals surface area (Å²) in [5, 5.41) is 17.9. The molecule has 1 aliphatic carbocycles. The number of allylic oxidation sites excluding steroid dienone is 1. The molecule has 0 spiro atoms. The van der Waals surface area contributed by atoms with Gasteiger partial charge in [0.05, 0.1) is 5.57 Å². The smallest absolute Gasteiger partial charge is 0.335 e. The summed E-state index contributed by atoms with van der Waals surface area (Å²) in [6.07, 6.45) is 2.86. The fourth-order valence-corrected chi connectivity index (χ4v) is 2.80. The van der Waals surface area contributed by atoms with Gasteiger partial charge in [0, 0.05) is 0 Å². The van der Waals surface area contributed by atoms with Crippen molar-refractivity contribution in [3.63, 3.8) is 0 Å². The molecule has 1 aliphatic rings. The molecule has 0 amide bonds. The molecule has 0 fully saturated rings. The van der Waals surface area contributed by atoms with E-state index >= 15 is 0 Å². The molecule has 82 valence electrons. The first-order chi connectivity index (χ1) is 6.77. The van der Waals surface area contributed by atoms with Crippen LogP contribution in [0.2, 0.25) is 0 Å². The highest BCUT2D eigenvalue weighted by Crippen LogP contribution is 2.44. The van der Waals surface area contributed by atoms with E-state index in [1.165, 1.54) is 19.1 Å². The summed E-state index contributed by atoms with van der Waals surface area (Å²) in [4.78, 5) is 21.8. The average molecular weight is 340 g/mol. The maximum absolute atomic E-state index is 11.0. The van der Waals surface area contributed by atoms with Gasteiger partial charge in [-0.25, -0.2) is 4.79 Å². The number of hydrogen-bond acceptors (Lipinski definition) is 2. The maximum Gasteiger partial charge on any atom is 0.335 e. The van der Waals surface area contributed by atoms with Crippen LogP contribution in [0.1, 0.15) is 6.92 Å². The van der Waals surface area contributed by atoms with Crippen molar-refractivity contribution in [3.05, 3.63) is 23.3 Å². The Labute approximate surface area is 103 Å². The minimum absolute atomic E-state index is 0.0249. The van der Waals surface area contributed by atoms with Gasteiger partial charge in [0.15, 0.2) is 0 Å². The molecule has 1 atom stereocenters. The Bertz CT molecular complexity index is 382. The summed E-state index contributed by atoms with van der Waals surface area (Å²) < 4.78 is -0.922. The summed E-state index contributed by atoms with van der Waals surface area (Å²) in [5.74, 6) is -3.14. The Morgan fingerprint density at radius 3 is 2.33 bits per heavy atom. The topological polar surface area (TPSA) is 74.6 Å². The number of rotatable bonds is 2. The van der Waals surface area contributed by atoms with Crippen LogP contribution in [-0.4, -0.2) is 25.4 Å². The minimum Gasteiger partial charge on any atom is -0.481 e. The van der Waals surface area contributed by atoms with Crippen LogP contribution in [0, 0.1) is 5.92 Å². The molecule has 0 radical (unpaired) electrons. The zero-order chi connectivity index (χ0) is 11.8. The van der Waals surface area contributed by atoms with Crippen LogP contribution in [0.5, 0.6) is 0 Å². The van der Waals surface area contributed by atoms with Crippen molar-refractivity contribution in [2.45, 2.75) is 10.2 Å². The molecule has 0 aromatic carbocycles. The van der Waals surface area contributed by atoms with E-state index < -0.39 is 21.1 Å². The fourth-order valence-electron chi connectivity index (χ4n) is 1.46. The molecule has 2 N–H and O–H groups in total. The van der Waals surface area contributed by atoms with Crippen molar-refractivity contribution in [2.24, 2.45) is 5.92 Å². The fraction of sp³-hybridized carbons (Fsp3) is 0.333. The van der Waals surface area contributed by atoms with Crippen LogP contribution in [0.15, 0.2) is 23.3 Å². The third-order valence-corrected chi connectivity index (χ3v) is 3.64. The molecule has 6 heteroatoms. The first-order valence-electron chi connectivity index (χ1n) is 4.01. The van der Waals surface area contributed by atoms with Crippen LogP contribution >= 0.6 is 31.9 Å².